The summed E-state index contributed by atoms with van der Waals surface area (Å²) in [5.74, 6) is 0.179. The number of rotatable bonds is 3. The Labute approximate surface area is 115 Å². The predicted molar refractivity (Wildman–Crippen MR) is 73.4 cm³/mol. The lowest BCUT2D eigenvalue weighted by molar-refractivity contribution is -0.148. The fraction of sp³-hybridized carbons (Fsp3) is 0.385. The lowest BCUT2D eigenvalue weighted by Crippen LogP contribution is -2.22. The highest BCUT2D eigenvalue weighted by Gasteiger charge is 2.14. The van der Waals surface area contributed by atoms with Crippen LogP contribution in [0.3, 0.4) is 0 Å². The average Bonchev–Trinajstić information content (AvgIpc) is 2.24. The van der Waals surface area contributed by atoms with Gasteiger partial charge in [0, 0.05) is 16.7 Å². The molecule has 0 aromatic carbocycles. The van der Waals surface area contributed by atoms with Crippen LogP contribution in [0.4, 0.5) is 0 Å². The smallest absolute Gasteiger partial charge is 0.331 e. The maximum absolute atomic E-state index is 11.5. The standard InChI is InChI=1S/C13H16BrNO3/c1-13(2,3)18-12(16)6-5-10-11(17-4)7-9(14)8-15-10/h5-8H,1-4H3. The van der Waals surface area contributed by atoms with Crippen molar-refractivity contribution in [3.63, 3.8) is 0 Å². The van der Waals surface area contributed by atoms with Gasteiger partial charge in [-0.2, -0.15) is 0 Å². The first-order valence-electron chi connectivity index (χ1n) is 5.42. The lowest BCUT2D eigenvalue weighted by Gasteiger charge is -2.17. The predicted octanol–water partition coefficient (Wildman–Crippen LogP) is 3.21. The molecule has 98 valence electrons. The highest BCUT2D eigenvalue weighted by atomic mass is 79.9. The summed E-state index contributed by atoms with van der Waals surface area (Å²) in [4.78, 5) is 15.7. The number of hydrogen-bond acceptors (Lipinski definition) is 4. The number of pyridine rings is 1. The van der Waals surface area contributed by atoms with Crippen LogP contribution in [0, 0.1) is 0 Å². The van der Waals surface area contributed by atoms with Crippen molar-refractivity contribution in [2.75, 3.05) is 7.11 Å². The molecule has 5 heteroatoms. The summed E-state index contributed by atoms with van der Waals surface area (Å²) in [6.07, 6.45) is 4.54. The van der Waals surface area contributed by atoms with Crippen molar-refractivity contribution in [2.45, 2.75) is 26.4 Å². The van der Waals surface area contributed by atoms with E-state index < -0.39 is 11.6 Å². The molecule has 0 aliphatic rings. The zero-order chi connectivity index (χ0) is 13.8. The van der Waals surface area contributed by atoms with Gasteiger partial charge in [0.15, 0.2) is 0 Å². The van der Waals surface area contributed by atoms with Gasteiger partial charge >= 0.3 is 5.97 Å². The van der Waals surface area contributed by atoms with Crippen LogP contribution < -0.4 is 4.74 Å². The number of hydrogen-bond donors (Lipinski definition) is 0. The van der Waals surface area contributed by atoms with Gasteiger partial charge in [0.1, 0.15) is 17.0 Å². The molecule has 0 saturated heterocycles. The number of halogens is 1. The van der Waals surface area contributed by atoms with Crippen molar-refractivity contribution >= 4 is 28.0 Å². The highest BCUT2D eigenvalue weighted by Crippen LogP contribution is 2.22. The maximum Gasteiger partial charge on any atom is 0.331 e. The van der Waals surface area contributed by atoms with Gasteiger partial charge in [0.05, 0.1) is 7.11 Å². The zero-order valence-corrected chi connectivity index (χ0v) is 12.4. The zero-order valence-electron chi connectivity index (χ0n) is 10.9. The Kier molecular flexibility index (Phi) is 4.90. The molecule has 1 aromatic heterocycles. The minimum atomic E-state index is -0.501. The molecule has 0 N–H and O–H groups in total. The summed E-state index contributed by atoms with van der Waals surface area (Å²) in [6, 6.07) is 1.78. The third-order valence-corrected chi connectivity index (χ3v) is 2.29. The molecule has 0 fully saturated rings. The summed E-state index contributed by atoms with van der Waals surface area (Å²) in [7, 11) is 1.55. The molecule has 1 heterocycles. The molecule has 1 aromatic rings. The van der Waals surface area contributed by atoms with E-state index in [0.717, 1.165) is 4.47 Å². The number of esters is 1. The number of ether oxygens (including phenoxy) is 2. The van der Waals surface area contributed by atoms with Crippen molar-refractivity contribution in [3.05, 3.63) is 28.5 Å². The van der Waals surface area contributed by atoms with E-state index in [0.29, 0.717) is 11.4 Å². The molecule has 0 atom stereocenters. The first-order chi connectivity index (χ1) is 8.31. The molecule has 0 radical (unpaired) electrons. The van der Waals surface area contributed by atoms with Crippen LogP contribution in [0.15, 0.2) is 22.8 Å². The fourth-order valence-electron chi connectivity index (χ4n) is 1.20. The normalized spacial score (nSPS) is 11.6. The number of aromatic nitrogens is 1. The Morgan fingerprint density at radius 1 is 1.44 bits per heavy atom. The summed E-state index contributed by atoms with van der Waals surface area (Å²) < 4.78 is 11.1. The van der Waals surface area contributed by atoms with Gasteiger partial charge in [-0.1, -0.05) is 0 Å². The van der Waals surface area contributed by atoms with Gasteiger partial charge in [0.25, 0.3) is 0 Å². The van der Waals surface area contributed by atoms with E-state index in [1.54, 1.807) is 25.4 Å². The first kappa shape index (κ1) is 14.7. The van der Waals surface area contributed by atoms with E-state index in [1.165, 1.54) is 6.08 Å². The fourth-order valence-corrected chi connectivity index (χ4v) is 1.51. The number of carbonyl (C=O) groups is 1. The summed E-state index contributed by atoms with van der Waals surface area (Å²) in [5, 5.41) is 0. The van der Waals surface area contributed by atoms with E-state index in [1.807, 2.05) is 20.8 Å². The van der Waals surface area contributed by atoms with E-state index in [9.17, 15) is 4.79 Å². The van der Waals surface area contributed by atoms with Crippen molar-refractivity contribution in [1.82, 2.24) is 4.98 Å². The molecular weight excluding hydrogens is 298 g/mol. The molecule has 0 saturated carbocycles. The van der Waals surface area contributed by atoms with E-state index in [4.69, 9.17) is 9.47 Å². The summed E-state index contributed by atoms with van der Waals surface area (Å²) in [6.45, 7) is 5.45. The Hall–Kier alpha value is -1.36. The second-order valence-electron chi connectivity index (χ2n) is 4.61. The minimum Gasteiger partial charge on any atom is -0.494 e. The molecule has 4 nitrogen and oxygen atoms in total. The SMILES string of the molecule is COc1cc(Br)cnc1C=CC(=O)OC(C)(C)C. The monoisotopic (exact) mass is 313 g/mol. The van der Waals surface area contributed by atoms with Crippen LogP contribution in [0.1, 0.15) is 26.5 Å². The van der Waals surface area contributed by atoms with Crippen LogP contribution in [-0.4, -0.2) is 23.7 Å². The number of nitrogens with zero attached hydrogens (tertiary/aromatic N) is 1. The molecular formula is C13H16BrNO3. The molecule has 0 aliphatic carbocycles. The van der Waals surface area contributed by atoms with Crippen molar-refractivity contribution in [2.24, 2.45) is 0 Å². The van der Waals surface area contributed by atoms with Crippen molar-refractivity contribution in [3.8, 4) is 5.75 Å². The summed E-state index contributed by atoms with van der Waals surface area (Å²) >= 11 is 3.30. The quantitative estimate of drug-likeness (QED) is 0.635. The van der Waals surface area contributed by atoms with Gasteiger partial charge in [-0.05, 0) is 48.8 Å². The van der Waals surface area contributed by atoms with Gasteiger partial charge in [-0.15, -0.1) is 0 Å². The average molecular weight is 314 g/mol. The van der Waals surface area contributed by atoms with Gasteiger partial charge in [-0.3, -0.25) is 4.98 Å². The molecule has 18 heavy (non-hydrogen) atoms. The van der Waals surface area contributed by atoms with Crippen molar-refractivity contribution < 1.29 is 14.3 Å². The largest absolute Gasteiger partial charge is 0.494 e. The number of carbonyl (C=O) groups excluding carboxylic acids is 1. The Balaban J connectivity index is 2.81. The topological polar surface area (TPSA) is 48.4 Å². The number of methoxy groups -OCH3 is 1. The van der Waals surface area contributed by atoms with E-state index >= 15 is 0 Å². The van der Waals surface area contributed by atoms with Crippen molar-refractivity contribution in [1.29, 1.82) is 0 Å². The Bertz CT molecular complexity index is 464. The molecule has 0 bridgehead atoms. The van der Waals surface area contributed by atoms with Gasteiger partial charge in [-0.25, -0.2) is 4.79 Å². The Morgan fingerprint density at radius 2 is 2.11 bits per heavy atom. The maximum atomic E-state index is 11.5. The Morgan fingerprint density at radius 3 is 2.67 bits per heavy atom. The molecule has 0 amide bonds. The van der Waals surface area contributed by atoms with Crippen LogP contribution in [0.2, 0.25) is 0 Å². The highest BCUT2D eigenvalue weighted by molar-refractivity contribution is 9.10. The van der Waals surface area contributed by atoms with Gasteiger partial charge < -0.3 is 9.47 Å². The van der Waals surface area contributed by atoms with Gasteiger partial charge in [0.2, 0.25) is 0 Å². The third-order valence-electron chi connectivity index (χ3n) is 1.85. The molecule has 1 rings (SSSR count). The lowest BCUT2D eigenvalue weighted by atomic mass is 10.2. The van der Waals surface area contributed by atoms with Crippen LogP contribution in [0.25, 0.3) is 6.08 Å². The van der Waals surface area contributed by atoms with Crippen LogP contribution >= 0.6 is 15.9 Å². The molecule has 0 aliphatic heterocycles. The second-order valence-corrected chi connectivity index (χ2v) is 5.52. The van der Waals surface area contributed by atoms with Crippen LogP contribution in [-0.2, 0) is 9.53 Å². The first-order valence-corrected chi connectivity index (χ1v) is 6.22. The van der Waals surface area contributed by atoms with E-state index in [2.05, 4.69) is 20.9 Å². The van der Waals surface area contributed by atoms with Crippen LogP contribution in [0.5, 0.6) is 5.75 Å². The molecule has 0 unspecified atom stereocenters. The van der Waals surface area contributed by atoms with E-state index in [-0.39, 0.29) is 0 Å². The minimum absolute atomic E-state index is 0.408. The third kappa shape index (κ3) is 4.87. The molecule has 0 spiro atoms. The second kappa shape index (κ2) is 6.00. The summed E-state index contributed by atoms with van der Waals surface area (Å²) in [5.41, 5.74) is 0.0742.